The fraction of sp³-hybridized carbons (Fsp3) is 0.692. The molecule has 1 atom stereocenters. The minimum absolute atomic E-state index is 0.0391. The average molecular weight is 251 g/mol. The highest BCUT2D eigenvalue weighted by Crippen LogP contribution is 2.20. The van der Waals surface area contributed by atoms with Crippen molar-refractivity contribution in [2.24, 2.45) is 5.73 Å². The van der Waals surface area contributed by atoms with Crippen LogP contribution in [0.15, 0.2) is 12.4 Å². The number of hydrogen-bond acceptors (Lipinski definition) is 5. The molecule has 0 saturated heterocycles. The maximum Gasteiger partial charge on any atom is 0.134 e. The Morgan fingerprint density at radius 3 is 2.61 bits per heavy atom. The fourth-order valence-electron chi connectivity index (χ4n) is 1.40. The Bertz CT molecular complexity index is 370. The van der Waals surface area contributed by atoms with Crippen molar-refractivity contribution in [3.8, 4) is 0 Å². The van der Waals surface area contributed by atoms with Crippen molar-refractivity contribution >= 4 is 11.6 Å². The third kappa shape index (κ3) is 4.49. The second-order valence-electron chi connectivity index (χ2n) is 5.68. The van der Waals surface area contributed by atoms with E-state index >= 15 is 0 Å². The molecule has 1 rings (SSSR count). The first-order chi connectivity index (χ1) is 8.30. The van der Waals surface area contributed by atoms with Gasteiger partial charge in [-0.25, -0.2) is 9.97 Å². The molecule has 5 heteroatoms. The number of aromatic nitrogens is 2. The zero-order valence-corrected chi connectivity index (χ0v) is 12.1. The Morgan fingerprint density at radius 1 is 1.39 bits per heavy atom. The summed E-state index contributed by atoms with van der Waals surface area (Å²) in [6.07, 6.45) is 2.51. The molecule has 0 spiro atoms. The van der Waals surface area contributed by atoms with Gasteiger partial charge in [0, 0.05) is 31.2 Å². The van der Waals surface area contributed by atoms with Gasteiger partial charge < -0.3 is 16.0 Å². The summed E-state index contributed by atoms with van der Waals surface area (Å²) in [5.74, 6) is 1.76. The lowest BCUT2D eigenvalue weighted by Crippen LogP contribution is -2.38. The van der Waals surface area contributed by atoms with E-state index in [1.807, 2.05) is 20.0 Å². The molecule has 18 heavy (non-hydrogen) atoms. The van der Waals surface area contributed by atoms with E-state index < -0.39 is 0 Å². The monoisotopic (exact) mass is 251 g/mol. The summed E-state index contributed by atoms with van der Waals surface area (Å²) >= 11 is 0. The van der Waals surface area contributed by atoms with Crippen LogP contribution in [-0.4, -0.2) is 35.1 Å². The molecule has 1 aromatic rings. The van der Waals surface area contributed by atoms with Gasteiger partial charge in [-0.3, -0.25) is 0 Å². The molecule has 1 aromatic heterocycles. The highest BCUT2D eigenvalue weighted by molar-refractivity contribution is 5.49. The summed E-state index contributed by atoms with van der Waals surface area (Å²) in [5, 5.41) is 3.26. The van der Waals surface area contributed by atoms with Crippen molar-refractivity contribution < 1.29 is 0 Å². The lowest BCUT2D eigenvalue weighted by atomic mass is 10.1. The number of rotatable bonds is 5. The van der Waals surface area contributed by atoms with Crippen LogP contribution in [0.2, 0.25) is 0 Å². The van der Waals surface area contributed by atoms with Gasteiger partial charge in [0.2, 0.25) is 0 Å². The highest BCUT2D eigenvalue weighted by Gasteiger charge is 2.18. The standard InChI is InChI=1S/C13H25N5/c1-10(14)6-7-15-11-8-12(17-9-16-11)18(5)13(2,3)4/h8-10H,6-7,14H2,1-5H3,(H,15,16,17). The Kier molecular flexibility index (Phi) is 4.90. The summed E-state index contributed by atoms with van der Waals surface area (Å²) in [5.41, 5.74) is 5.75. The van der Waals surface area contributed by atoms with Crippen molar-refractivity contribution in [1.29, 1.82) is 0 Å². The summed E-state index contributed by atoms with van der Waals surface area (Å²) in [6, 6.07) is 2.17. The quantitative estimate of drug-likeness (QED) is 0.836. The van der Waals surface area contributed by atoms with Crippen LogP contribution in [0.1, 0.15) is 34.1 Å². The molecule has 5 nitrogen and oxygen atoms in total. The summed E-state index contributed by atoms with van der Waals surface area (Å²) in [4.78, 5) is 10.6. The predicted molar refractivity (Wildman–Crippen MR) is 76.9 cm³/mol. The average Bonchev–Trinajstić information content (AvgIpc) is 2.26. The summed E-state index contributed by atoms with van der Waals surface area (Å²) in [7, 11) is 2.04. The molecule has 0 aliphatic rings. The van der Waals surface area contributed by atoms with Gasteiger partial charge in [-0.05, 0) is 34.1 Å². The van der Waals surface area contributed by atoms with E-state index in [0.29, 0.717) is 0 Å². The van der Waals surface area contributed by atoms with Crippen molar-refractivity contribution in [1.82, 2.24) is 9.97 Å². The van der Waals surface area contributed by atoms with Gasteiger partial charge in [-0.2, -0.15) is 0 Å². The second-order valence-corrected chi connectivity index (χ2v) is 5.68. The van der Waals surface area contributed by atoms with Gasteiger partial charge in [0.15, 0.2) is 0 Å². The molecule has 0 amide bonds. The molecule has 0 radical (unpaired) electrons. The number of nitrogens with zero attached hydrogens (tertiary/aromatic N) is 3. The van der Waals surface area contributed by atoms with Crippen LogP contribution >= 0.6 is 0 Å². The molecule has 0 aliphatic carbocycles. The van der Waals surface area contributed by atoms with Crippen molar-refractivity contribution in [3.63, 3.8) is 0 Å². The van der Waals surface area contributed by atoms with Gasteiger partial charge in [0.25, 0.3) is 0 Å². The lowest BCUT2D eigenvalue weighted by Gasteiger charge is -2.33. The number of nitrogens with two attached hydrogens (primary N) is 1. The van der Waals surface area contributed by atoms with E-state index in [0.717, 1.165) is 24.6 Å². The first-order valence-electron chi connectivity index (χ1n) is 6.36. The number of anilines is 2. The maximum atomic E-state index is 5.71. The van der Waals surface area contributed by atoms with Crippen molar-refractivity contribution in [2.75, 3.05) is 23.8 Å². The molecular weight excluding hydrogens is 226 g/mol. The van der Waals surface area contributed by atoms with Crippen LogP contribution < -0.4 is 16.0 Å². The third-order valence-corrected chi connectivity index (χ3v) is 2.91. The van der Waals surface area contributed by atoms with E-state index in [1.54, 1.807) is 6.33 Å². The largest absolute Gasteiger partial charge is 0.370 e. The number of nitrogens with one attached hydrogen (secondary N) is 1. The molecular formula is C13H25N5. The Labute approximate surface area is 110 Å². The Balaban J connectivity index is 2.68. The lowest BCUT2D eigenvalue weighted by molar-refractivity contribution is 0.533. The van der Waals surface area contributed by atoms with Crippen LogP contribution in [-0.2, 0) is 0 Å². The molecule has 0 saturated carbocycles. The Hall–Kier alpha value is -1.36. The van der Waals surface area contributed by atoms with E-state index in [2.05, 4.69) is 41.0 Å². The smallest absolute Gasteiger partial charge is 0.134 e. The molecule has 0 aliphatic heterocycles. The molecule has 3 N–H and O–H groups in total. The SMILES string of the molecule is CC(N)CCNc1cc(N(C)C(C)(C)C)ncn1. The minimum atomic E-state index is 0.0391. The van der Waals surface area contributed by atoms with Crippen LogP contribution in [0.5, 0.6) is 0 Å². The first kappa shape index (κ1) is 14.7. The molecule has 0 bridgehead atoms. The molecule has 0 fully saturated rings. The first-order valence-corrected chi connectivity index (χ1v) is 6.36. The van der Waals surface area contributed by atoms with Gasteiger partial charge >= 0.3 is 0 Å². The van der Waals surface area contributed by atoms with Gasteiger partial charge in [-0.15, -0.1) is 0 Å². The van der Waals surface area contributed by atoms with E-state index in [4.69, 9.17) is 5.73 Å². The molecule has 1 heterocycles. The van der Waals surface area contributed by atoms with E-state index in [9.17, 15) is 0 Å². The third-order valence-electron chi connectivity index (χ3n) is 2.91. The number of hydrogen-bond donors (Lipinski definition) is 2. The Morgan fingerprint density at radius 2 is 2.06 bits per heavy atom. The fourth-order valence-corrected chi connectivity index (χ4v) is 1.40. The van der Waals surface area contributed by atoms with Crippen molar-refractivity contribution in [2.45, 2.75) is 45.7 Å². The van der Waals surface area contributed by atoms with Gasteiger partial charge in [0.05, 0.1) is 0 Å². The molecule has 0 aromatic carbocycles. The maximum absolute atomic E-state index is 5.71. The highest BCUT2D eigenvalue weighted by atomic mass is 15.2. The van der Waals surface area contributed by atoms with Crippen LogP contribution in [0.4, 0.5) is 11.6 Å². The zero-order chi connectivity index (χ0) is 13.8. The molecule has 1 unspecified atom stereocenters. The second kappa shape index (κ2) is 6.00. The minimum Gasteiger partial charge on any atom is -0.370 e. The van der Waals surface area contributed by atoms with E-state index in [-0.39, 0.29) is 11.6 Å². The van der Waals surface area contributed by atoms with Crippen molar-refractivity contribution in [3.05, 3.63) is 12.4 Å². The van der Waals surface area contributed by atoms with E-state index in [1.165, 1.54) is 0 Å². The molecule has 102 valence electrons. The van der Waals surface area contributed by atoms with Crippen LogP contribution in [0.25, 0.3) is 0 Å². The predicted octanol–water partition coefficient (Wildman–Crippen LogP) is 1.86. The van der Waals surface area contributed by atoms with Crippen LogP contribution in [0, 0.1) is 0 Å². The summed E-state index contributed by atoms with van der Waals surface area (Å²) < 4.78 is 0. The topological polar surface area (TPSA) is 67.1 Å². The van der Waals surface area contributed by atoms with Crippen LogP contribution in [0.3, 0.4) is 0 Å². The van der Waals surface area contributed by atoms with Gasteiger partial charge in [0.1, 0.15) is 18.0 Å². The zero-order valence-electron chi connectivity index (χ0n) is 12.1. The van der Waals surface area contributed by atoms with Gasteiger partial charge in [-0.1, -0.05) is 0 Å². The normalized spacial score (nSPS) is 13.2. The summed E-state index contributed by atoms with van der Waals surface area (Å²) in [6.45, 7) is 9.28.